The number of carbonyl (C=O) groups is 1. The van der Waals surface area contributed by atoms with Gasteiger partial charge in [0.2, 0.25) is 0 Å². The Bertz CT molecular complexity index is 644. The van der Waals surface area contributed by atoms with Gasteiger partial charge in [-0.25, -0.2) is 9.48 Å². The Morgan fingerprint density at radius 1 is 1.43 bits per heavy atom. The molecule has 4 rings (SSSR count). The van der Waals surface area contributed by atoms with Gasteiger partial charge >= 0.3 is 5.97 Å². The quantitative estimate of drug-likeness (QED) is 0.745. The summed E-state index contributed by atoms with van der Waals surface area (Å²) in [6.07, 6.45) is -2.08. The van der Waals surface area contributed by atoms with Crippen molar-refractivity contribution in [3.63, 3.8) is 0 Å². The molecular formula is C14H19N3O6. The Kier molecular flexibility index (Phi) is 3.24. The molecule has 0 bridgehead atoms. The van der Waals surface area contributed by atoms with Crippen LogP contribution < -0.4 is 0 Å². The third kappa shape index (κ3) is 2.18. The Balaban J connectivity index is 1.71. The van der Waals surface area contributed by atoms with E-state index in [1.165, 1.54) is 0 Å². The van der Waals surface area contributed by atoms with Crippen LogP contribution in [0.3, 0.4) is 0 Å². The minimum absolute atomic E-state index is 0.131. The van der Waals surface area contributed by atoms with E-state index < -0.39 is 42.4 Å². The fourth-order valence-corrected chi connectivity index (χ4v) is 3.53. The predicted molar refractivity (Wildman–Crippen MR) is 73.4 cm³/mol. The Morgan fingerprint density at radius 3 is 2.96 bits per heavy atom. The number of esters is 1. The summed E-state index contributed by atoms with van der Waals surface area (Å²) in [4.78, 5) is 12.0. The maximum Gasteiger partial charge on any atom is 0.360 e. The molecule has 126 valence electrons. The molecule has 0 spiro atoms. The summed E-state index contributed by atoms with van der Waals surface area (Å²) in [5.41, 5.74) is 0.667. The topological polar surface area (TPSA) is 105 Å². The van der Waals surface area contributed by atoms with Gasteiger partial charge in [0.15, 0.2) is 17.8 Å². The van der Waals surface area contributed by atoms with Crippen LogP contribution >= 0.6 is 0 Å². The van der Waals surface area contributed by atoms with E-state index in [0.29, 0.717) is 5.69 Å². The summed E-state index contributed by atoms with van der Waals surface area (Å²) in [5, 5.41) is 18.4. The van der Waals surface area contributed by atoms with E-state index in [9.17, 15) is 9.90 Å². The van der Waals surface area contributed by atoms with E-state index >= 15 is 0 Å². The first kappa shape index (κ1) is 15.0. The molecule has 4 heterocycles. The van der Waals surface area contributed by atoms with Gasteiger partial charge in [-0.2, -0.15) is 0 Å². The van der Waals surface area contributed by atoms with Gasteiger partial charge in [-0.3, -0.25) is 0 Å². The SMILES string of the molecule is CCOC(=O)c1nnn2c1C[C@@H](O)[C@@H]1O[C@@H]3OC(C)(C)O[C@@H]3[C@@H]12. The average molecular weight is 325 g/mol. The van der Waals surface area contributed by atoms with E-state index in [-0.39, 0.29) is 18.7 Å². The predicted octanol–water partition coefficient (Wildman–Crippen LogP) is -0.211. The molecule has 0 radical (unpaired) electrons. The van der Waals surface area contributed by atoms with Crippen molar-refractivity contribution in [3.05, 3.63) is 11.4 Å². The number of ether oxygens (including phenoxy) is 4. The van der Waals surface area contributed by atoms with Crippen LogP contribution in [-0.4, -0.2) is 63.1 Å². The van der Waals surface area contributed by atoms with Crippen LogP contribution in [-0.2, 0) is 25.4 Å². The normalized spacial score (nSPS) is 37.1. The second kappa shape index (κ2) is 4.97. The third-order valence-electron chi connectivity index (χ3n) is 4.38. The molecule has 9 heteroatoms. The van der Waals surface area contributed by atoms with Crippen molar-refractivity contribution >= 4 is 5.97 Å². The molecule has 3 aliphatic heterocycles. The van der Waals surface area contributed by atoms with Crippen LogP contribution in [0.25, 0.3) is 0 Å². The van der Waals surface area contributed by atoms with Crippen molar-refractivity contribution in [1.82, 2.24) is 15.0 Å². The Hall–Kier alpha value is -1.55. The molecule has 1 aromatic heterocycles. The second-order valence-electron chi connectivity index (χ2n) is 6.38. The molecule has 1 aromatic rings. The molecule has 2 saturated heterocycles. The van der Waals surface area contributed by atoms with E-state index in [4.69, 9.17) is 18.9 Å². The molecule has 0 aromatic carbocycles. The molecule has 1 N–H and O–H groups in total. The lowest BCUT2D eigenvalue weighted by Gasteiger charge is -2.33. The standard InChI is InChI=1S/C14H19N3O6/c1-4-20-12(19)8-6-5-7(18)10-9(17(6)16-15-8)11-13(21-10)23-14(2,3)22-11/h7,9-11,13,18H,4-5H2,1-3H3/t7-,9-,10+,11-,13-/m1/s1. The highest BCUT2D eigenvalue weighted by atomic mass is 16.8. The Labute approximate surface area is 132 Å². The van der Waals surface area contributed by atoms with E-state index in [1.54, 1.807) is 25.5 Å². The van der Waals surface area contributed by atoms with Crippen molar-refractivity contribution < 1.29 is 28.8 Å². The third-order valence-corrected chi connectivity index (χ3v) is 4.38. The van der Waals surface area contributed by atoms with Gasteiger partial charge in [0, 0.05) is 6.42 Å². The maximum absolute atomic E-state index is 12.0. The van der Waals surface area contributed by atoms with Crippen LogP contribution in [0.15, 0.2) is 0 Å². The minimum atomic E-state index is -0.792. The van der Waals surface area contributed by atoms with Crippen molar-refractivity contribution in [3.8, 4) is 0 Å². The first-order valence-electron chi connectivity index (χ1n) is 7.71. The zero-order valence-corrected chi connectivity index (χ0v) is 13.1. The second-order valence-corrected chi connectivity index (χ2v) is 6.38. The summed E-state index contributed by atoms with van der Waals surface area (Å²) in [6.45, 7) is 5.57. The number of aliphatic hydroxyl groups is 1. The van der Waals surface area contributed by atoms with E-state index in [1.807, 2.05) is 0 Å². The number of carbonyl (C=O) groups excluding carboxylic acids is 1. The molecule has 0 amide bonds. The van der Waals surface area contributed by atoms with Crippen molar-refractivity contribution in [1.29, 1.82) is 0 Å². The number of hydrogen-bond donors (Lipinski definition) is 1. The number of fused-ring (bicyclic) bond motifs is 5. The van der Waals surface area contributed by atoms with Crippen molar-refractivity contribution in [2.75, 3.05) is 6.61 Å². The monoisotopic (exact) mass is 325 g/mol. The summed E-state index contributed by atoms with van der Waals surface area (Å²) < 4.78 is 24.0. The summed E-state index contributed by atoms with van der Waals surface area (Å²) >= 11 is 0. The fraction of sp³-hybridized carbons (Fsp3) is 0.786. The molecule has 0 aliphatic carbocycles. The summed E-state index contributed by atoms with van der Waals surface area (Å²) in [7, 11) is 0. The first-order valence-corrected chi connectivity index (χ1v) is 7.71. The van der Waals surface area contributed by atoms with Gasteiger partial charge in [-0.05, 0) is 20.8 Å². The Morgan fingerprint density at radius 2 is 2.22 bits per heavy atom. The molecule has 23 heavy (non-hydrogen) atoms. The molecule has 0 saturated carbocycles. The summed E-state index contributed by atoms with van der Waals surface area (Å²) in [6, 6.07) is -0.392. The van der Waals surface area contributed by atoms with Gasteiger partial charge in [-0.15, -0.1) is 5.10 Å². The number of rotatable bonds is 2. The average Bonchev–Trinajstić information content (AvgIpc) is 3.09. The van der Waals surface area contributed by atoms with Gasteiger partial charge < -0.3 is 24.1 Å². The fourth-order valence-electron chi connectivity index (χ4n) is 3.53. The lowest BCUT2D eigenvalue weighted by molar-refractivity contribution is -0.221. The summed E-state index contributed by atoms with van der Waals surface area (Å²) in [5.74, 6) is -1.31. The molecule has 5 atom stereocenters. The molecule has 2 fully saturated rings. The number of hydrogen-bond acceptors (Lipinski definition) is 8. The van der Waals surface area contributed by atoms with Crippen LogP contribution in [0.2, 0.25) is 0 Å². The zero-order valence-electron chi connectivity index (χ0n) is 13.1. The van der Waals surface area contributed by atoms with Crippen LogP contribution in [0.5, 0.6) is 0 Å². The number of aliphatic hydroxyl groups excluding tert-OH is 1. The minimum Gasteiger partial charge on any atom is -0.461 e. The molecule has 9 nitrogen and oxygen atoms in total. The van der Waals surface area contributed by atoms with E-state index in [0.717, 1.165) is 0 Å². The lowest BCUT2D eigenvalue weighted by Crippen LogP contribution is -2.44. The van der Waals surface area contributed by atoms with Crippen LogP contribution in [0, 0.1) is 0 Å². The number of nitrogens with zero attached hydrogens (tertiary/aromatic N) is 3. The van der Waals surface area contributed by atoms with Gasteiger partial charge in [0.05, 0.1) is 18.4 Å². The largest absolute Gasteiger partial charge is 0.461 e. The zero-order chi connectivity index (χ0) is 16.4. The highest BCUT2D eigenvalue weighted by Gasteiger charge is 2.59. The maximum atomic E-state index is 12.0. The van der Waals surface area contributed by atoms with Gasteiger partial charge in [0.25, 0.3) is 0 Å². The van der Waals surface area contributed by atoms with Gasteiger partial charge in [-0.1, -0.05) is 5.21 Å². The van der Waals surface area contributed by atoms with Crippen LogP contribution in [0.1, 0.15) is 43.0 Å². The number of aromatic nitrogens is 3. The lowest BCUT2D eigenvalue weighted by atomic mass is 9.94. The van der Waals surface area contributed by atoms with E-state index in [2.05, 4.69) is 10.3 Å². The highest BCUT2D eigenvalue weighted by molar-refractivity contribution is 5.88. The van der Waals surface area contributed by atoms with Crippen molar-refractivity contribution in [2.45, 2.75) is 63.6 Å². The molecule has 3 aliphatic rings. The molecular weight excluding hydrogens is 306 g/mol. The van der Waals surface area contributed by atoms with Crippen molar-refractivity contribution in [2.24, 2.45) is 0 Å². The van der Waals surface area contributed by atoms with Gasteiger partial charge in [0.1, 0.15) is 18.2 Å². The smallest absolute Gasteiger partial charge is 0.360 e. The van der Waals surface area contributed by atoms with Crippen LogP contribution in [0.4, 0.5) is 0 Å². The first-order chi connectivity index (χ1) is 10.9. The highest BCUT2D eigenvalue weighted by Crippen LogP contribution is 2.46. The molecule has 0 unspecified atom stereocenters.